The van der Waals surface area contributed by atoms with Crippen molar-refractivity contribution < 1.29 is 22.7 Å². The van der Waals surface area contributed by atoms with E-state index in [1.54, 1.807) is 13.0 Å². The third-order valence-electron chi connectivity index (χ3n) is 6.10. The third-order valence-corrected chi connectivity index (χ3v) is 6.10. The SMILES string of the molecule is CC(=O)N1CCC[C@H](N)[C@@H]1COC1CCC(c2cccc(C(F)(F)F)c2)CC1. The van der Waals surface area contributed by atoms with Crippen LogP contribution < -0.4 is 5.73 Å². The molecule has 28 heavy (non-hydrogen) atoms. The molecule has 1 amide bonds. The van der Waals surface area contributed by atoms with Crippen molar-refractivity contribution in [3.63, 3.8) is 0 Å². The smallest absolute Gasteiger partial charge is 0.376 e. The van der Waals surface area contributed by atoms with Gasteiger partial charge in [0.05, 0.1) is 24.3 Å². The van der Waals surface area contributed by atoms with E-state index in [9.17, 15) is 18.0 Å². The fraction of sp³-hybridized carbons (Fsp3) is 0.667. The minimum absolute atomic E-state index is 0.0250. The number of benzene rings is 1. The number of carbonyl (C=O) groups is 1. The summed E-state index contributed by atoms with van der Waals surface area (Å²) in [4.78, 5) is 13.6. The number of alkyl halides is 3. The molecule has 0 spiro atoms. The van der Waals surface area contributed by atoms with Crippen LogP contribution in [0.3, 0.4) is 0 Å². The largest absolute Gasteiger partial charge is 0.416 e. The van der Waals surface area contributed by atoms with E-state index >= 15 is 0 Å². The number of likely N-dealkylation sites (tertiary alicyclic amines) is 1. The number of halogens is 3. The van der Waals surface area contributed by atoms with Gasteiger partial charge < -0.3 is 15.4 Å². The van der Waals surface area contributed by atoms with Crippen molar-refractivity contribution in [3.05, 3.63) is 35.4 Å². The molecule has 2 N–H and O–H groups in total. The van der Waals surface area contributed by atoms with Gasteiger partial charge in [0.25, 0.3) is 0 Å². The van der Waals surface area contributed by atoms with Crippen LogP contribution in [0.1, 0.15) is 62.5 Å². The van der Waals surface area contributed by atoms with Gasteiger partial charge in [0.15, 0.2) is 0 Å². The molecule has 1 heterocycles. The van der Waals surface area contributed by atoms with E-state index in [0.29, 0.717) is 6.61 Å². The Labute approximate surface area is 164 Å². The van der Waals surface area contributed by atoms with Crippen LogP contribution in [-0.4, -0.2) is 42.1 Å². The Hall–Kier alpha value is -1.60. The maximum absolute atomic E-state index is 12.9. The number of amides is 1. The van der Waals surface area contributed by atoms with Crippen LogP contribution in [0.4, 0.5) is 13.2 Å². The lowest BCUT2D eigenvalue weighted by atomic mass is 9.82. The van der Waals surface area contributed by atoms with Crippen molar-refractivity contribution in [3.8, 4) is 0 Å². The molecule has 1 saturated heterocycles. The summed E-state index contributed by atoms with van der Waals surface area (Å²) in [6.45, 7) is 2.71. The van der Waals surface area contributed by atoms with Crippen molar-refractivity contribution in [1.82, 2.24) is 4.90 Å². The van der Waals surface area contributed by atoms with Crippen molar-refractivity contribution in [1.29, 1.82) is 0 Å². The Morgan fingerprint density at radius 1 is 1.21 bits per heavy atom. The highest BCUT2D eigenvalue weighted by atomic mass is 19.4. The summed E-state index contributed by atoms with van der Waals surface area (Å²) in [6.07, 6.45) is 0.798. The molecular formula is C21H29F3N2O2. The van der Waals surface area contributed by atoms with Crippen LogP contribution in [0.25, 0.3) is 0 Å². The van der Waals surface area contributed by atoms with E-state index in [1.807, 2.05) is 4.90 Å². The first-order valence-corrected chi connectivity index (χ1v) is 10.1. The predicted molar refractivity (Wildman–Crippen MR) is 101 cm³/mol. The Morgan fingerprint density at radius 3 is 2.57 bits per heavy atom. The second-order valence-electron chi connectivity index (χ2n) is 8.02. The second kappa shape index (κ2) is 8.82. The lowest BCUT2D eigenvalue weighted by molar-refractivity contribution is -0.137. The van der Waals surface area contributed by atoms with Crippen molar-refractivity contribution >= 4 is 5.91 Å². The van der Waals surface area contributed by atoms with E-state index in [2.05, 4.69) is 0 Å². The van der Waals surface area contributed by atoms with Crippen molar-refractivity contribution in [2.24, 2.45) is 5.73 Å². The summed E-state index contributed by atoms with van der Waals surface area (Å²) >= 11 is 0. The standard InChI is InChI=1S/C21H29F3N2O2/c1-14(27)26-11-3-6-19(25)20(26)13-28-18-9-7-15(8-10-18)16-4-2-5-17(12-16)21(22,23)24/h2,4-5,12,15,18-20H,3,6-11,13,25H2,1H3/t15?,18?,19-,20-/m0/s1. The van der Waals surface area contributed by atoms with Gasteiger partial charge in [-0.05, 0) is 56.1 Å². The zero-order chi connectivity index (χ0) is 20.3. The molecule has 1 aliphatic heterocycles. The van der Waals surface area contributed by atoms with Gasteiger partial charge in [-0.3, -0.25) is 4.79 Å². The topological polar surface area (TPSA) is 55.6 Å². The molecule has 4 nitrogen and oxygen atoms in total. The summed E-state index contributed by atoms with van der Waals surface area (Å²) in [6, 6.07) is 5.50. The van der Waals surface area contributed by atoms with Gasteiger partial charge in [0.2, 0.25) is 5.91 Å². The average molecular weight is 398 g/mol. The summed E-state index contributed by atoms with van der Waals surface area (Å²) in [7, 11) is 0. The molecule has 2 aliphatic rings. The summed E-state index contributed by atoms with van der Waals surface area (Å²) in [5.41, 5.74) is 6.37. The Bertz CT molecular complexity index is 672. The average Bonchev–Trinajstić information content (AvgIpc) is 2.66. The highest BCUT2D eigenvalue weighted by molar-refractivity contribution is 5.73. The minimum Gasteiger partial charge on any atom is -0.376 e. The number of rotatable bonds is 4. The number of ether oxygens (including phenoxy) is 1. The van der Waals surface area contributed by atoms with E-state index in [-0.39, 0.29) is 30.0 Å². The van der Waals surface area contributed by atoms with E-state index in [1.165, 1.54) is 12.1 Å². The van der Waals surface area contributed by atoms with Gasteiger partial charge in [0.1, 0.15) is 0 Å². The zero-order valence-corrected chi connectivity index (χ0v) is 16.3. The second-order valence-corrected chi connectivity index (χ2v) is 8.02. The van der Waals surface area contributed by atoms with E-state index < -0.39 is 11.7 Å². The quantitative estimate of drug-likeness (QED) is 0.831. The number of hydrogen-bond donors (Lipinski definition) is 1. The van der Waals surface area contributed by atoms with Crippen LogP contribution in [0, 0.1) is 0 Å². The van der Waals surface area contributed by atoms with Gasteiger partial charge in [-0.25, -0.2) is 0 Å². The van der Waals surface area contributed by atoms with Gasteiger partial charge in [-0.15, -0.1) is 0 Å². The molecule has 2 fully saturated rings. The molecule has 1 aromatic carbocycles. The zero-order valence-electron chi connectivity index (χ0n) is 16.3. The third kappa shape index (κ3) is 5.06. The van der Waals surface area contributed by atoms with Gasteiger partial charge in [-0.2, -0.15) is 13.2 Å². The Kier molecular flexibility index (Phi) is 6.65. The molecule has 0 bridgehead atoms. The molecule has 0 radical (unpaired) electrons. The first kappa shape index (κ1) is 21.1. The monoisotopic (exact) mass is 398 g/mol. The molecule has 2 atom stereocenters. The van der Waals surface area contributed by atoms with Crippen LogP contribution in [-0.2, 0) is 15.7 Å². The number of piperidine rings is 1. The lowest BCUT2D eigenvalue weighted by Gasteiger charge is -2.40. The predicted octanol–water partition coefficient (Wildman–Crippen LogP) is 4.09. The van der Waals surface area contributed by atoms with Crippen molar-refractivity contribution in [2.45, 2.75) is 75.7 Å². The van der Waals surface area contributed by atoms with Gasteiger partial charge >= 0.3 is 6.18 Å². The number of hydrogen-bond acceptors (Lipinski definition) is 3. The van der Waals surface area contributed by atoms with Gasteiger partial charge in [-0.1, -0.05) is 18.2 Å². The Morgan fingerprint density at radius 2 is 1.93 bits per heavy atom. The molecule has 1 aliphatic carbocycles. The number of nitrogens with two attached hydrogens (primary N) is 1. The van der Waals surface area contributed by atoms with Crippen molar-refractivity contribution in [2.75, 3.05) is 13.2 Å². The lowest BCUT2D eigenvalue weighted by Crippen LogP contribution is -2.56. The summed E-state index contributed by atoms with van der Waals surface area (Å²) < 4.78 is 44.9. The van der Waals surface area contributed by atoms with Crippen LogP contribution in [0.5, 0.6) is 0 Å². The molecule has 0 unspecified atom stereocenters. The molecule has 1 aromatic rings. The van der Waals surface area contributed by atoms with E-state index in [4.69, 9.17) is 10.5 Å². The fourth-order valence-electron chi connectivity index (χ4n) is 4.46. The molecule has 1 saturated carbocycles. The molecule has 156 valence electrons. The van der Waals surface area contributed by atoms with Gasteiger partial charge in [0, 0.05) is 19.5 Å². The van der Waals surface area contributed by atoms with Crippen LogP contribution >= 0.6 is 0 Å². The highest BCUT2D eigenvalue weighted by Crippen LogP contribution is 2.37. The van der Waals surface area contributed by atoms with Crippen LogP contribution in [0.15, 0.2) is 24.3 Å². The maximum atomic E-state index is 12.9. The summed E-state index contributed by atoms with van der Waals surface area (Å²) in [5, 5.41) is 0. The first-order valence-electron chi connectivity index (χ1n) is 10.1. The molecule has 7 heteroatoms. The maximum Gasteiger partial charge on any atom is 0.416 e. The van der Waals surface area contributed by atoms with E-state index in [0.717, 1.165) is 56.7 Å². The highest BCUT2D eigenvalue weighted by Gasteiger charge is 2.33. The number of nitrogens with zero attached hydrogens (tertiary/aromatic N) is 1. The number of carbonyl (C=O) groups excluding carboxylic acids is 1. The first-order chi connectivity index (χ1) is 13.3. The minimum atomic E-state index is -4.31. The molecule has 0 aromatic heterocycles. The summed E-state index contributed by atoms with van der Waals surface area (Å²) in [5.74, 6) is 0.157. The molecular weight excluding hydrogens is 369 g/mol. The normalized spacial score (nSPS) is 29.0. The molecule has 3 rings (SSSR count). The van der Waals surface area contributed by atoms with Crippen LogP contribution in [0.2, 0.25) is 0 Å². The fourth-order valence-corrected chi connectivity index (χ4v) is 4.46. The Balaban J connectivity index is 1.52.